The Morgan fingerprint density at radius 3 is 2.29 bits per heavy atom. The van der Waals surface area contributed by atoms with Gasteiger partial charge in [-0.1, -0.05) is 13.3 Å². The van der Waals surface area contributed by atoms with Gasteiger partial charge in [-0.3, -0.25) is 4.79 Å². The lowest BCUT2D eigenvalue weighted by molar-refractivity contribution is -0.145. The molecule has 0 rings (SSSR count). The molecule has 0 aliphatic heterocycles. The van der Waals surface area contributed by atoms with Crippen molar-refractivity contribution >= 4 is 25.7 Å². The Kier molecular flexibility index (Phi) is 4.88. The fourth-order valence-corrected chi connectivity index (χ4v) is 1.03. The minimum Gasteiger partial charge on any atom is -0.464 e. The Morgan fingerprint density at radius 2 is 1.93 bits per heavy atom. The zero-order valence-corrected chi connectivity index (χ0v) is 10.1. The van der Waals surface area contributed by atoms with E-state index in [1.165, 1.54) is 13.8 Å². The fourth-order valence-electron chi connectivity index (χ4n) is 0.583. The zero-order valence-electron chi connectivity index (χ0n) is 8.54. The first-order valence-corrected chi connectivity index (χ1v) is 6.66. The highest BCUT2D eigenvalue weighted by atomic mass is 35.7. The van der Waals surface area contributed by atoms with E-state index in [2.05, 4.69) is 0 Å². The van der Waals surface area contributed by atoms with Crippen LogP contribution in [-0.4, -0.2) is 25.7 Å². The monoisotopic (exact) mass is 242 g/mol. The molecule has 0 unspecified atom stereocenters. The van der Waals surface area contributed by atoms with E-state index in [1.807, 2.05) is 6.92 Å². The summed E-state index contributed by atoms with van der Waals surface area (Å²) in [5, 5.41) is 0. The molecule has 0 atom stereocenters. The number of hydrogen-bond donors (Lipinski definition) is 0. The maximum Gasteiger partial charge on any atom is 0.328 e. The third-order valence-electron chi connectivity index (χ3n) is 1.83. The Labute approximate surface area is 89.0 Å². The van der Waals surface area contributed by atoms with Crippen molar-refractivity contribution in [2.45, 2.75) is 38.4 Å². The van der Waals surface area contributed by atoms with Crippen LogP contribution in [0.15, 0.2) is 0 Å². The van der Waals surface area contributed by atoms with E-state index in [-0.39, 0.29) is 6.61 Å². The molecule has 0 fully saturated rings. The van der Waals surface area contributed by atoms with E-state index in [1.54, 1.807) is 0 Å². The number of carbonyl (C=O) groups excluding carboxylic acids is 1. The average molecular weight is 243 g/mol. The first-order chi connectivity index (χ1) is 6.23. The zero-order chi connectivity index (χ0) is 11.4. The number of rotatable bonds is 5. The van der Waals surface area contributed by atoms with Gasteiger partial charge in [0.15, 0.2) is 4.75 Å². The van der Waals surface area contributed by atoms with E-state index in [9.17, 15) is 13.2 Å². The molecule has 0 N–H and O–H groups in total. The number of hydrogen-bond acceptors (Lipinski definition) is 4. The van der Waals surface area contributed by atoms with Gasteiger partial charge >= 0.3 is 5.97 Å². The Hall–Kier alpha value is -0.290. The van der Waals surface area contributed by atoms with Crippen molar-refractivity contribution < 1.29 is 17.9 Å². The van der Waals surface area contributed by atoms with Crippen LogP contribution in [0.4, 0.5) is 0 Å². The summed E-state index contributed by atoms with van der Waals surface area (Å²) in [7, 11) is 1.16. The van der Waals surface area contributed by atoms with Gasteiger partial charge < -0.3 is 4.74 Å². The molecule has 0 heterocycles. The maximum absolute atomic E-state index is 11.3. The highest BCUT2D eigenvalue weighted by Gasteiger charge is 2.42. The molecular weight excluding hydrogens is 228 g/mol. The smallest absolute Gasteiger partial charge is 0.328 e. The van der Waals surface area contributed by atoms with Crippen LogP contribution >= 0.6 is 10.7 Å². The lowest BCUT2D eigenvalue weighted by atomic mass is 10.2. The van der Waals surface area contributed by atoms with Gasteiger partial charge in [0.2, 0.25) is 9.05 Å². The van der Waals surface area contributed by atoms with E-state index >= 15 is 0 Å². The van der Waals surface area contributed by atoms with Crippen LogP contribution in [-0.2, 0) is 18.6 Å². The van der Waals surface area contributed by atoms with Gasteiger partial charge in [-0.05, 0) is 20.3 Å². The van der Waals surface area contributed by atoms with E-state index < -0.39 is 19.8 Å². The highest BCUT2D eigenvalue weighted by Crippen LogP contribution is 2.22. The van der Waals surface area contributed by atoms with Gasteiger partial charge in [-0.15, -0.1) is 0 Å². The van der Waals surface area contributed by atoms with Crippen LogP contribution in [0, 0.1) is 0 Å². The molecule has 0 bridgehead atoms. The van der Waals surface area contributed by atoms with Crippen LogP contribution in [0.25, 0.3) is 0 Å². The highest BCUT2D eigenvalue weighted by molar-refractivity contribution is 8.15. The number of carbonyl (C=O) groups is 1. The molecule has 0 saturated heterocycles. The molecule has 6 heteroatoms. The topological polar surface area (TPSA) is 60.4 Å². The summed E-state index contributed by atoms with van der Waals surface area (Å²) >= 11 is 0. The fraction of sp³-hybridized carbons (Fsp3) is 0.875. The van der Waals surface area contributed by atoms with Crippen molar-refractivity contribution in [2.75, 3.05) is 6.61 Å². The molecule has 0 aliphatic rings. The van der Waals surface area contributed by atoms with Gasteiger partial charge in [0.1, 0.15) is 0 Å². The van der Waals surface area contributed by atoms with Crippen LogP contribution < -0.4 is 0 Å². The number of halogens is 1. The first kappa shape index (κ1) is 13.7. The van der Waals surface area contributed by atoms with Crippen LogP contribution in [0.5, 0.6) is 0 Å². The average Bonchev–Trinajstić information content (AvgIpc) is 2.02. The van der Waals surface area contributed by atoms with E-state index in [0.717, 1.165) is 6.42 Å². The predicted octanol–water partition coefficient (Wildman–Crippen LogP) is 1.68. The molecular formula is C8H15ClO4S. The Morgan fingerprint density at radius 1 is 1.43 bits per heavy atom. The van der Waals surface area contributed by atoms with E-state index in [4.69, 9.17) is 15.4 Å². The molecule has 0 aliphatic carbocycles. The lowest BCUT2D eigenvalue weighted by Gasteiger charge is -2.18. The molecule has 84 valence electrons. The standard InChI is InChI=1S/C8H15ClO4S/c1-4-5-6-13-7(10)8(2,3)14(9,11)12/h4-6H2,1-3H3. The van der Waals surface area contributed by atoms with Crippen molar-refractivity contribution in [1.29, 1.82) is 0 Å². The van der Waals surface area contributed by atoms with Crippen molar-refractivity contribution in [3.8, 4) is 0 Å². The summed E-state index contributed by atoms with van der Waals surface area (Å²) in [4.78, 5) is 11.3. The van der Waals surface area contributed by atoms with Crippen molar-refractivity contribution in [2.24, 2.45) is 0 Å². The van der Waals surface area contributed by atoms with Crippen molar-refractivity contribution in [3.63, 3.8) is 0 Å². The molecule has 0 aromatic rings. The van der Waals surface area contributed by atoms with Gasteiger partial charge in [0, 0.05) is 10.7 Å². The largest absolute Gasteiger partial charge is 0.464 e. The van der Waals surface area contributed by atoms with Gasteiger partial charge in [-0.2, -0.15) is 0 Å². The number of ether oxygens (including phenoxy) is 1. The van der Waals surface area contributed by atoms with E-state index in [0.29, 0.717) is 6.42 Å². The summed E-state index contributed by atoms with van der Waals surface area (Å²) in [6, 6.07) is 0. The quantitative estimate of drug-likeness (QED) is 0.418. The maximum atomic E-state index is 11.3. The molecule has 0 aromatic heterocycles. The first-order valence-electron chi connectivity index (χ1n) is 4.35. The minimum absolute atomic E-state index is 0.227. The van der Waals surface area contributed by atoms with Crippen LogP contribution in [0.2, 0.25) is 0 Å². The molecule has 14 heavy (non-hydrogen) atoms. The van der Waals surface area contributed by atoms with Crippen molar-refractivity contribution in [3.05, 3.63) is 0 Å². The number of unbranched alkanes of at least 4 members (excludes halogenated alkanes) is 1. The molecule has 4 nitrogen and oxygen atoms in total. The van der Waals surface area contributed by atoms with Gasteiger partial charge in [0.25, 0.3) is 0 Å². The second-order valence-corrected chi connectivity index (χ2v) is 6.55. The third-order valence-corrected chi connectivity index (χ3v) is 4.38. The second-order valence-electron chi connectivity index (χ2n) is 3.44. The molecule has 0 saturated carbocycles. The van der Waals surface area contributed by atoms with Crippen LogP contribution in [0.1, 0.15) is 33.6 Å². The number of esters is 1. The predicted molar refractivity (Wildman–Crippen MR) is 54.7 cm³/mol. The molecule has 0 spiro atoms. The molecule has 0 radical (unpaired) electrons. The third kappa shape index (κ3) is 3.46. The van der Waals surface area contributed by atoms with Gasteiger partial charge in [0.05, 0.1) is 6.61 Å². The summed E-state index contributed by atoms with van der Waals surface area (Å²) in [5.74, 6) is -0.805. The Bertz CT molecular complexity index is 294. The summed E-state index contributed by atoms with van der Waals surface area (Å²) < 4.78 is 25.1. The lowest BCUT2D eigenvalue weighted by Crippen LogP contribution is -2.39. The minimum atomic E-state index is -3.94. The van der Waals surface area contributed by atoms with Gasteiger partial charge in [-0.25, -0.2) is 8.42 Å². The van der Waals surface area contributed by atoms with Crippen molar-refractivity contribution in [1.82, 2.24) is 0 Å². The molecule has 0 amide bonds. The second kappa shape index (κ2) is 4.98. The summed E-state index contributed by atoms with van der Waals surface area (Å²) in [5.41, 5.74) is 0. The SMILES string of the molecule is CCCCOC(=O)C(C)(C)S(=O)(=O)Cl. The van der Waals surface area contributed by atoms with Crippen LogP contribution in [0.3, 0.4) is 0 Å². The molecule has 0 aromatic carbocycles. The normalized spacial score (nSPS) is 12.6. The summed E-state index contributed by atoms with van der Waals surface area (Å²) in [6.45, 7) is 4.62. The Balaban J connectivity index is 4.39. The summed E-state index contributed by atoms with van der Waals surface area (Å²) in [6.07, 6.45) is 1.59.